The van der Waals surface area contributed by atoms with Crippen LogP contribution < -0.4 is 10.2 Å². The highest BCUT2D eigenvalue weighted by molar-refractivity contribution is 5.91. The zero-order chi connectivity index (χ0) is 21.5. The Balaban J connectivity index is 1.44. The van der Waals surface area contributed by atoms with Gasteiger partial charge in [0.15, 0.2) is 11.5 Å². The SMILES string of the molecule is CC(C)(C)c1ccc(C2(C(=O)N[C@@H]3CN(c4ccc(C#N)nn4)C[C@@H]3O)CC2)cc1. The predicted octanol–water partition coefficient (Wildman–Crippen LogP) is 2.04. The number of nitriles is 1. The lowest BCUT2D eigenvalue weighted by Crippen LogP contribution is -2.47. The van der Waals surface area contributed by atoms with Gasteiger partial charge in [0.05, 0.1) is 17.6 Å². The van der Waals surface area contributed by atoms with Crippen LogP contribution in [-0.2, 0) is 15.6 Å². The number of hydrogen-bond acceptors (Lipinski definition) is 6. The van der Waals surface area contributed by atoms with E-state index in [1.54, 1.807) is 12.1 Å². The third-order valence-corrected chi connectivity index (χ3v) is 6.18. The number of aliphatic hydroxyl groups is 1. The van der Waals surface area contributed by atoms with Crippen molar-refractivity contribution in [3.05, 3.63) is 53.2 Å². The predicted molar refractivity (Wildman–Crippen MR) is 113 cm³/mol. The van der Waals surface area contributed by atoms with E-state index in [4.69, 9.17) is 5.26 Å². The number of rotatable bonds is 4. The van der Waals surface area contributed by atoms with E-state index in [-0.39, 0.29) is 23.1 Å². The number of nitrogens with one attached hydrogen (secondary N) is 1. The molecule has 0 unspecified atom stereocenters. The monoisotopic (exact) mass is 405 g/mol. The van der Waals surface area contributed by atoms with E-state index in [1.165, 1.54) is 5.56 Å². The first-order valence-corrected chi connectivity index (χ1v) is 10.3. The quantitative estimate of drug-likeness (QED) is 0.807. The third kappa shape index (κ3) is 3.75. The molecule has 1 amide bonds. The molecular weight excluding hydrogens is 378 g/mol. The van der Waals surface area contributed by atoms with Crippen LogP contribution in [0.15, 0.2) is 36.4 Å². The first-order valence-electron chi connectivity index (χ1n) is 10.3. The molecule has 1 aromatic carbocycles. The second kappa shape index (κ2) is 7.37. The third-order valence-electron chi connectivity index (χ3n) is 6.18. The van der Waals surface area contributed by atoms with Gasteiger partial charge in [0.25, 0.3) is 0 Å². The average molecular weight is 406 g/mol. The van der Waals surface area contributed by atoms with Crippen molar-refractivity contribution in [2.24, 2.45) is 0 Å². The Kier molecular flexibility index (Phi) is 4.99. The molecular formula is C23H27N5O2. The molecule has 2 heterocycles. The molecule has 1 aliphatic carbocycles. The van der Waals surface area contributed by atoms with E-state index in [2.05, 4.69) is 60.6 Å². The topological polar surface area (TPSA) is 102 Å². The molecule has 7 heteroatoms. The Morgan fingerprint density at radius 3 is 2.40 bits per heavy atom. The molecule has 2 aromatic rings. The van der Waals surface area contributed by atoms with Crippen molar-refractivity contribution in [2.75, 3.05) is 18.0 Å². The number of carbonyl (C=O) groups excluding carboxylic acids is 1. The molecule has 2 N–H and O–H groups in total. The van der Waals surface area contributed by atoms with Crippen LogP contribution in [-0.4, -0.2) is 46.4 Å². The zero-order valence-electron chi connectivity index (χ0n) is 17.6. The van der Waals surface area contributed by atoms with Crippen molar-refractivity contribution in [3.63, 3.8) is 0 Å². The number of aliphatic hydroxyl groups excluding tert-OH is 1. The van der Waals surface area contributed by atoms with Gasteiger partial charge >= 0.3 is 0 Å². The minimum absolute atomic E-state index is 0.0252. The zero-order valence-corrected chi connectivity index (χ0v) is 17.6. The average Bonchev–Trinajstić information content (AvgIpc) is 3.47. The normalized spacial score (nSPS) is 22.4. The molecule has 4 rings (SSSR count). The molecule has 1 aliphatic heterocycles. The van der Waals surface area contributed by atoms with Crippen molar-refractivity contribution < 1.29 is 9.90 Å². The highest BCUT2D eigenvalue weighted by Crippen LogP contribution is 2.48. The van der Waals surface area contributed by atoms with Crippen LogP contribution in [0.5, 0.6) is 0 Å². The summed E-state index contributed by atoms with van der Waals surface area (Å²) in [6.07, 6.45) is 0.952. The summed E-state index contributed by atoms with van der Waals surface area (Å²) in [5, 5.41) is 30.3. The summed E-state index contributed by atoms with van der Waals surface area (Å²) in [5.74, 6) is 0.562. The van der Waals surface area contributed by atoms with Gasteiger partial charge in [0.2, 0.25) is 5.91 Å². The molecule has 30 heavy (non-hydrogen) atoms. The number of anilines is 1. The Morgan fingerprint density at radius 2 is 1.87 bits per heavy atom. The van der Waals surface area contributed by atoms with E-state index in [9.17, 15) is 9.90 Å². The Labute approximate surface area is 176 Å². The van der Waals surface area contributed by atoms with Crippen molar-refractivity contribution in [1.29, 1.82) is 5.26 Å². The minimum Gasteiger partial charge on any atom is -0.389 e. The van der Waals surface area contributed by atoms with E-state index < -0.39 is 11.5 Å². The number of hydrogen-bond donors (Lipinski definition) is 2. The largest absolute Gasteiger partial charge is 0.389 e. The van der Waals surface area contributed by atoms with Gasteiger partial charge in [0.1, 0.15) is 6.07 Å². The first-order chi connectivity index (χ1) is 14.2. The maximum absolute atomic E-state index is 13.1. The first kappa shape index (κ1) is 20.3. The summed E-state index contributed by atoms with van der Waals surface area (Å²) >= 11 is 0. The summed E-state index contributed by atoms with van der Waals surface area (Å²) in [6, 6.07) is 13.2. The molecule has 1 saturated carbocycles. The fraction of sp³-hybridized carbons (Fsp3) is 0.478. The molecule has 0 spiro atoms. The van der Waals surface area contributed by atoms with E-state index in [1.807, 2.05) is 11.0 Å². The van der Waals surface area contributed by atoms with Crippen LogP contribution in [0.1, 0.15) is 50.4 Å². The van der Waals surface area contributed by atoms with Crippen LogP contribution in [0.4, 0.5) is 5.82 Å². The van der Waals surface area contributed by atoms with Gasteiger partial charge in [-0.2, -0.15) is 5.26 Å². The number of β-amino-alcohol motifs (C(OH)–C–C–N with tert-alkyl or cyclic N) is 1. The summed E-state index contributed by atoms with van der Waals surface area (Å²) in [6.45, 7) is 7.33. The molecule has 1 aromatic heterocycles. The van der Waals surface area contributed by atoms with Gasteiger partial charge in [-0.05, 0) is 41.5 Å². The number of benzene rings is 1. The van der Waals surface area contributed by atoms with E-state index in [0.29, 0.717) is 18.9 Å². The summed E-state index contributed by atoms with van der Waals surface area (Å²) in [5.41, 5.74) is 2.11. The van der Waals surface area contributed by atoms with Gasteiger partial charge in [0, 0.05) is 13.1 Å². The van der Waals surface area contributed by atoms with Crippen LogP contribution >= 0.6 is 0 Å². The fourth-order valence-electron chi connectivity index (χ4n) is 4.04. The minimum atomic E-state index is -0.689. The van der Waals surface area contributed by atoms with Gasteiger partial charge in [-0.1, -0.05) is 45.0 Å². The maximum atomic E-state index is 13.1. The molecule has 7 nitrogen and oxygen atoms in total. The van der Waals surface area contributed by atoms with Crippen molar-refractivity contribution in [2.45, 2.75) is 56.6 Å². The Morgan fingerprint density at radius 1 is 1.17 bits per heavy atom. The summed E-state index contributed by atoms with van der Waals surface area (Å²) < 4.78 is 0. The molecule has 0 radical (unpaired) electrons. The number of nitrogens with zero attached hydrogens (tertiary/aromatic N) is 4. The van der Waals surface area contributed by atoms with Gasteiger partial charge in [-0.25, -0.2) is 0 Å². The van der Waals surface area contributed by atoms with Gasteiger partial charge in [-0.3, -0.25) is 4.79 Å². The maximum Gasteiger partial charge on any atom is 0.231 e. The van der Waals surface area contributed by atoms with Crippen LogP contribution in [0, 0.1) is 11.3 Å². The highest BCUT2D eigenvalue weighted by Gasteiger charge is 2.52. The Bertz CT molecular complexity index is 969. The second-order valence-corrected chi connectivity index (χ2v) is 9.35. The van der Waals surface area contributed by atoms with Crippen LogP contribution in [0.3, 0.4) is 0 Å². The molecule has 156 valence electrons. The standard InChI is InChI=1S/C23H27N5O2/c1-22(2,3)15-4-6-16(7-5-15)23(10-11-23)21(30)25-18-13-28(14-19(18)29)20-9-8-17(12-24)26-27-20/h4-9,18-19,29H,10-11,13-14H2,1-3H3,(H,25,30)/t18-,19+/m1/s1. The van der Waals surface area contributed by atoms with Crippen LogP contribution in [0.2, 0.25) is 0 Å². The summed E-state index contributed by atoms with van der Waals surface area (Å²) in [7, 11) is 0. The lowest BCUT2D eigenvalue weighted by atomic mass is 9.85. The Hall–Kier alpha value is -2.98. The molecule has 1 saturated heterocycles. The molecule has 2 atom stereocenters. The van der Waals surface area contributed by atoms with Crippen molar-refractivity contribution >= 4 is 11.7 Å². The van der Waals surface area contributed by atoms with Crippen LogP contribution in [0.25, 0.3) is 0 Å². The summed E-state index contributed by atoms with van der Waals surface area (Å²) in [4.78, 5) is 15.0. The number of aromatic nitrogens is 2. The molecule has 0 bridgehead atoms. The van der Waals surface area contributed by atoms with Gasteiger partial charge in [-0.15, -0.1) is 10.2 Å². The number of amides is 1. The fourth-order valence-corrected chi connectivity index (χ4v) is 4.04. The highest BCUT2D eigenvalue weighted by atomic mass is 16.3. The smallest absolute Gasteiger partial charge is 0.231 e. The van der Waals surface area contributed by atoms with Crippen molar-refractivity contribution in [3.8, 4) is 6.07 Å². The van der Waals surface area contributed by atoms with E-state index in [0.717, 1.165) is 18.4 Å². The van der Waals surface area contributed by atoms with Gasteiger partial charge < -0.3 is 15.3 Å². The van der Waals surface area contributed by atoms with E-state index >= 15 is 0 Å². The molecule has 2 fully saturated rings. The number of carbonyl (C=O) groups is 1. The lowest BCUT2D eigenvalue weighted by Gasteiger charge is -2.23. The second-order valence-electron chi connectivity index (χ2n) is 9.35. The van der Waals surface area contributed by atoms with Crippen molar-refractivity contribution in [1.82, 2.24) is 15.5 Å². The molecule has 2 aliphatic rings. The lowest BCUT2D eigenvalue weighted by molar-refractivity contribution is -0.124.